The Morgan fingerprint density at radius 3 is 2.89 bits per heavy atom. The van der Waals surface area contributed by atoms with Crippen molar-refractivity contribution in [2.24, 2.45) is 5.41 Å². The van der Waals surface area contributed by atoms with Crippen LogP contribution in [0.2, 0.25) is 0 Å². The molecule has 1 heterocycles. The number of hydrogen-bond acceptors (Lipinski definition) is 4. The van der Waals surface area contributed by atoms with E-state index >= 15 is 0 Å². The van der Waals surface area contributed by atoms with Crippen LogP contribution >= 0.6 is 0 Å². The molecule has 0 amide bonds. The van der Waals surface area contributed by atoms with E-state index in [1.54, 1.807) is 6.07 Å². The fraction of sp³-hybridized carbons (Fsp3) is 0.500. The Kier molecular flexibility index (Phi) is 4.50. The molecule has 1 aliphatic rings. The molecule has 19 heavy (non-hydrogen) atoms. The fourth-order valence-corrected chi connectivity index (χ4v) is 2.11. The molecular formula is C14H18FNO3. The summed E-state index contributed by atoms with van der Waals surface area (Å²) in [5.74, 6) is -0.465. The monoisotopic (exact) mass is 267 g/mol. The van der Waals surface area contributed by atoms with Crippen LogP contribution in [0.3, 0.4) is 0 Å². The number of nitrogens with one attached hydrogen (secondary N) is 1. The van der Waals surface area contributed by atoms with E-state index in [9.17, 15) is 9.18 Å². The van der Waals surface area contributed by atoms with Gasteiger partial charge in [0, 0.05) is 6.54 Å². The summed E-state index contributed by atoms with van der Waals surface area (Å²) < 4.78 is 22.9. The third-order valence-corrected chi connectivity index (χ3v) is 3.32. The van der Waals surface area contributed by atoms with E-state index in [0.717, 1.165) is 12.0 Å². The predicted octanol–water partition coefficient (Wildman–Crippen LogP) is 1.15. The maximum absolute atomic E-state index is 13.0. The minimum Gasteiger partial charge on any atom is -0.468 e. The van der Waals surface area contributed by atoms with Crippen LogP contribution in [0.15, 0.2) is 24.3 Å². The maximum atomic E-state index is 13.0. The summed E-state index contributed by atoms with van der Waals surface area (Å²) >= 11 is 0. The van der Waals surface area contributed by atoms with Gasteiger partial charge in [-0.25, -0.2) is 4.39 Å². The van der Waals surface area contributed by atoms with Gasteiger partial charge in [-0.3, -0.25) is 4.79 Å². The highest BCUT2D eigenvalue weighted by molar-refractivity contribution is 5.78. The summed E-state index contributed by atoms with van der Waals surface area (Å²) in [5, 5.41) is 3.21. The Balaban J connectivity index is 1.76. The van der Waals surface area contributed by atoms with E-state index in [0.29, 0.717) is 26.3 Å². The number of benzene rings is 1. The average Bonchev–Trinajstić information content (AvgIpc) is 2.36. The summed E-state index contributed by atoms with van der Waals surface area (Å²) in [6, 6.07) is 6.52. The quantitative estimate of drug-likeness (QED) is 0.620. The minimum absolute atomic E-state index is 0.226. The average molecular weight is 267 g/mol. The highest BCUT2D eigenvalue weighted by atomic mass is 19.1. The van der Waals surface area contributed by atoms with Crippen LogP contribution in [0, 0.1) is 11.2 Å². The molecule has 0 aliphatic carbocycles. The highest BCUT2D eigenvalue weighted by Gasteiger charge is 2.46. The van der Waals surface area contributed by atoms with Crippen molar-refractivity contribution in [2.75, 3.05) is 33.4 Å². The second-order valence-electron chi connectivity index (χ2n) is 4.82. The Bertz CT molecular complexity index is 446. The van der Waals surface area contributed by atoms with E-state index in [4.69, 9.17) is 9.47 Å². The second-order valence-corrected chi connectivity index (χ2v) is 4.82. The van der Waals surface area contributed by atoms with Crippen LogP contribution in [-0.4, -0.2) is 39.4 Å². The molecule has 1 aromatic carbocycles. The maximum Gasteiger partial charge on any atom is 0.317 e. The van der Waals surface area contributed by atoms with Crippen LogP contribution in [0.4, 0.5) is 4.39 Å². The summed E-state index contributed by atoms with van der Waals surface area (Å²) in [4.78, 5) is 11.6. The van der Waals surface area contributed by atoms with Gasteiger partial charge >= 0.3 is 5.97 Å². The molecule has 0 bridgehead atoms. The lowest BCUT2D eigenvalue weighted by Crippen LogP contribution is -2.55. The molecular weight excluding hydrogens is 249 g/mol. The number of esters is 1. The predicted molar refractivity (Wildman–Crippen MR) is 68.2 cm³/mol. The molecule has 0 aromatic heterocycles. The molecule has 0 atom stereocenters. The minimum atomic E-state index is -0.545. The molecule has 0 radical (unpaired) electrons. The van der Waals surface area contributed by atoms with Crippen molar-refractivity contribution in [3.05, 3.63) is 35.6 Å². The number of hydrogen-bond donors (Lipinski definition) is 1. The van der Waals surface area contributed by atoms with Gasteiger partial charge in [-0.1, -0.05) is 12.1 Å². The Morgan fingerprint density at radius 1 is 1.53 bits per heavy atom. The number of rotatable bonds is 6. The number of carbonyl (C=O) groups excluding carboxylic acids is 1. The second kappa shape index (κ2) is 6.12. The third-order valence-electron chi connectivity index (χ3n) is 3.32. The van der Waals surface area contributed by atoms with Crippen molar-refractivity contribution >= 4 is 5.97 Å². The summed E-state index contributed by atoms with van der Waals surface area (Å²) in [6.45, 7) is 2.00. The summed E-state index contributed by atoms with van der Waals surface area (Å²) in [6.07, 6.45) is 0.718. The first-order chi connectivity index (χ1) is 9.16. The Hall–Kier alpha value is -1.46. The van der Waals surface area contributed by atoms with Crippen molar-refractivity contribution in [3.8, 4) is 0 Å². The topological polar surface area (TPSA) is 47.6 Å². The first kappa shape index (κ1) is 14.0. The van der Waals surface area contributed by atoms with Crippen molar-refractivity contribution in [2.45, 2.75) is 6.42 Å². The number of carbonyl (C=O) groups is 1. The van der Waals surface area contributed by atoms with Crippen molar-refractivity contribution in [3.63, 3.8) is 0 Å². The summed E-state index contributed by atoms with van der Waals surface area (Å²) in [7, 11) is 1.38. The fourth-order valence-electron chi connectivity index (χ4n) is 2.11. The first-order valence-electron chi connectivity index (χ1n) is 6.28. The number of halogens is 1. The summed E-state index contributed by atoms with van der Waals surface area (Å²) in [5.41, 5.74) is 0.390. The molecule has 1 aliphatic heterocycles. The lowest BCUT2D eigenvalue weighted by atomic mass is 9.86. The van der Waals surface area contributed by atoms with Gasteiger partial charge in [0.25, 0.3) is 0 Å². The van der Waals surface area contributed by atoms with Gasteiger partial charge in [0.2, 0.25) is 0 Å². The zero-order chi connectivity index (χ0) is 13.7. The Morgan fingerprint density at radius 2 is 2.32 bits per heavy atom. The molecule has 0 spiro atoms. The van der Waals surface area contributed by atoms with E-state index in [-0.39, 0.29) is 11.8 Å². The van der Waals surface area contributed by atoms with E-state index in [1.165, 1.54) is 19.2 Å². The van der Waals surface area contributed by atoms with Crippen LogP contribution < -0.4 is 5.32 Å². The van der Waals surface area contributed by atoms with Crippen molar-refractivity contribution < 1.29 is 18.7 Å². The van der Waals surface area contributed by atoms with Gasteiger partial charge in [-0.2, -0.15) is 0 Å². The van der Waals surface area contributed by atoms with Gasteiger partial charge < -0.3 is 14.8 Å². The van der Waals surface area contributed by atoms with Crippen molar-refractivity contribution in [1.82, 2.24) is 5.32 Å². The molecule has 4 nitrogen and oxygen atoms in total. The largest absolute Gasteiger partial charge is 0.468 e. The van der Waals surface area contributed by atoms with Gasteiger partial charge in [0.15, 0.2) is 0 Å². The molecule has 1 saturated heterocycles. The SMILES string of the molecule is COC(=O)C1(CNCCc2cccc(F)c2)COC1. The molecule has 2 rings (SSSR count). The lowest BCUT2D eigenvalue weighted by Gasteiger charge is -2.38. The molecule has 1 N–H and O–H groups in total. The molecule has 0 unspecified atom stereocenters. The molecule has 1 fully saturated rings. The number of methoxy groups -OCH3 is 1. The van der Waals surface area contributed by atoms with Crippen LogP contribution in [-0.2, 0) is 20.7 Å². The van der Waals surface area contributed by atoms with Gasteiger partial charge in [-0.05, 0) is 30.7 Å². The standard InChI is InChI=1S/C14H18FNO3/c1-18-13(17)14(9-19-10-14)8-16-6-5-11-3-2-4-12(15)7-11/h2-4,7,16H,5-6,8-10H2,1H3. The molecule has 1 aromatic rings. The zero-order valence-electron chi connectivity index (χ0n) is 10.9. The van der Waals surface area contributed by atoms with Crippen LogP contribution in [0.25, 0.3) is 0 Å². The lowest BCUT2D eigenvalue weighted by molar-refractivity contribution is -0.182. The molecule has 0 saturated carbocycles. The van der Waals surface area contributed by atoms with Crippen LogP contribution in [0.1, 0.15) is 5.56 Å². The third kappa shape index (κ3) is 3.30. The van der Waals surface area contributed by atoms with Gasteiger partial charge in [-0.15, -0.1) is 0 Å². The normalized spacial score (nSPS) is 16.7. The van der Waals surface area contributed by atoms with E-state index in [2.05, 4.69) is 5.32 Å². The van der Waals surface area contributed by atoms with E-state index in [1.807, 2.05) is 6.07 Å². The Labute approximate surface area is 111 Å². The van der Waals surface area contributed by atoms with Crippen molar-refractivity contribution in [1.29, 1.82) is 0 Å². The first-order valence-corrected chi connectivity index (χ1v) is 6.28. The smallest absolute Gasteiger partial charge is 0.317 e. The van der Waals surface area contributed by atoms with Crippen LogP contribution in [0.5, 0.6) is 0 Å². The highest BCUT2D eigenvalue weighted by Crippen LogP contribution is 2.28. The van der Waals surface area contributed by atoms with Gasteiger partial charge in [0.05, 0.1) is 20.3 Å². The van der Waals surface area contributed by atoms with E-state index < -0.39 is 5.41 Å². The molecule has 5 heteroatoms. The number of ether oxygens (including phenoxy) is 2. The van der Waals surface area contributed by atoms with Gasteiger partial charge in [0.1, 0.15) is 11.2 Å². The zero-order valence-corrected chi connectivity index (χ0v) is 10.9. The molecule has 104 valence electrons.